The molecule has 1 saturated carbocycles. The van der Waals surface area contributed by atoms with Crippen molar-refractivity contribution in [3.05, 3.63) is 23.8 Å². The molecule has 2 unspecified atom stereocenters. The number of hydrogen-bond acceptors (Lipinski definition) is 1. The maximum atomic E-state index is 13.3. The molecule has 22 heavy (non-hydrogen) atoms. The first-order chi connectivity index (χ1) is 10.4. The van der Waals surface area contributed by atoms with Gasteiger partial charge in [-0.3, -0.25) is 4.79 Å². The minimum Gasteiger partial charge on any atom is -0.345 e. The number of rotatable bonds is 5. The molecule has 0 aromatic heterocycles. The summed E-state index contributed by atoms with van der Waals surface area (Å²) in [5.41, 5.74) is -0.386. The first-order valence-corrected chi connectivity index (χ1v) is 7.94. The molecule has 4 atom stereocenters. The number of alkyl halides is 3. The predicted octanol–water partition coefficient (Wildman–Crippen LogP) is 4.19. The van der Waals surface area contributed by atoms with Crippen molar-refractivity contribution in [3.63, 3.8) is 0 Å². The van der Waals surface area contributed by atoms with Gasteiger partial charge in [0, 0.05) is 18.7 Å². The summed E-state index contributed by atoms with van der Waals surface area (Å²) >= 11 is 0. The zero-order valence-electron chi connectivity index (χ0n) is 13.1. The Labute approximate surface area is 130 Å². The topological polar surface area (TPSA) is 20.3 Å². The molecule has 2 aliphatic rings. The van der Waals surface area contributed by atoms with Crippen molar-refractivity contribution in [2.45, 2.75) is 39.3 Å². The highest BCUT2D eigenvalue weighted by Crippen LogP contribution is 2.49. The molecule has 0 N–H and O–H groups in total. The lowest BCUT2D eigenvalue weighted by atomic mass is 9.80. The zero-order valence-corrected chi connectivity index (χ0v) is 13.1. The molecule has 0 bridgehead atoms. The molecule has 5 heteroatoms. The summed E-state index contributed by atoms with van der Waals surface area (Å²) in [6.45, 7) is 4.73. The first kappa shape index (κ1) is 17.1. The van der Waals surface area contributed by atoms with Crippen LogP contribution in [0.2, 0.25) is 0 Å². The van der Waals surface area contributed by atoms with E-state index in [1.807, 2.05) is 19.1 Å². The predicted molar refractivity (Wildman–Crippen MR) is 80.1 cm³/mol. The van der Waals surface area contributed by atoms with E-state index in [1.54, 1.807) is 4.90 Å². The Balaban J connectivity index is 2.13. The van der Waals surface area contributed by atoms with E-state index in [0.717, 1.165) is 19.3 Å². The molecule has 1 aliphatic carbocycles. The minimum atomic E-state index is -4.26. The van der Waals surface area contributed by atoms with Crippen LogP contribution in [0.15, 0.2) is 23.8 Å². The molecule has 1 heterocycles. The van der Waals surface area contributed by atoms with Crippen molar-refractivity contribution in [3.8, 4) is 0 Å². The van der Waals surface area contributed by atoms with Gasteiger partial charge in [0.05, 0.1) is 0 Å². The van der Waals surface area contributed by atoms with Gasteiger partial charge in [0.15, 0.2) is 0 Å². The van der Waals surface area contributed by atoms with Crippen molar-refractivity contribution < 1.29 is 18.0 Å². The molecule has 1 aliphatic heterocycles. The number of hydrogen-bond donors (Lipinski definition) is 0. The maximum absolute atomic E-state index is 13.3. The van der Waals surface area contributed by atoms with Crippen molar-refractivity contribution in [2.24, 2.45) is 23.7 Å². The van der Waals surface area contributed by atoms with Gasteiger partial charge >= 0.3 is 6.18 Å². The number of carbonyl (C=O) groups excluding carboxylic acids is 1. The van der Waals surface area contributed by atoms with Gasteiger partial charge in [0.1, 0.15) is 0 Å². The van der Waals surface area contributed by atoms with E-state index < -0.39 is 12.1 Å². The highest BCUT2D eigenvalue weighted by molar-refractivity contribution is 5.47. The van der Waals surface area contributed by atoms with E-state index in [1.165, 1.54) is 13.0 Å². The molecule has 0 aromatic carbocycles. The lowest BCUT2D eigenvalue weighted by Crippen LogP contribution is -2.27. The second-order valence-electron chi connectivity index (χ2n) is 6.46. The fraction of sp³-hybridized carbons (Fsp3) is 0.706. The summed E-state index contributed by atoms with van der Waals surface area (Å²) in [5.74, 6) is 0.341. The molecule has 2 fully saturated rings. The Bertz CT molecular complexity index is 441. The van der Waals surface area contributed by atoms with Crippen LogP contribution in [0.5, 0.6) is 0 Å². The smallest absolute Gasteiger partial charge is 0.345 e. The molecular formula is C17H24F3NO. The van der Waals surface area contributed by atoms with E-state index in [0.29, 0.717) is 31.3 Å². The van der Waals surface area contributed by atoms with Crippen LogP contribution in [0.3, 0.4) is 0 Å². The van der Waals surface area contributed by atoms with E-state index in [9.17, 15) is 18.0 Å². The first-order valence-electron chi connectivity index (χ1n) is 7.94. The van der Waals surface area contributed by atoms with Crippen molar-refractivity contribution in [2.75, 3.05) is 13.1 Å². The van der Waals surface area contributed by atoms with Gasteiger partial charge in [-0.25, -0.2) is 0 Å². The highest BCUT2D eigenvalue weighted by Gasteiger charge is 2.47. The third kappa shape index (κ3) is 3.55. The average Bonchev–Trinajstić information content (AvgIpc) is 2.99. The van der Waals surface area contributed by atoms with Gasteiger partial charge in [-0.2, -0.15) is 13.2 Å². The quantitative estimate of drug-likeness (QED) is 0.550. The lowest BCUT2D eigenvalue weighted by molar-refractivity contribution is -0.117. The Morgan fingerprint density at radius 2 is 1.82 bits per heavy atom. The third-order valence-corrected chi connectivity index (χ3v) is 5.20. The third-order valence-electron chi connectivity index (χ3n) is 5.20. The van der Waals surface area contributed by atoms with Crippen molar-refractivity contribution in [1.29, 1.82) is 0 Å². The van der Waals surface area contributed by atoms with Crippen LogP contribution in [0, 0.1) is 23.7 Å². The number of halogens is 3. The molecule has 0 spiro atoms. The zero-order chi connectivity index (χ0) is 16.3. The largest absolute Gasteiger partial charge is 0.412 e. The summed E-state index contributed by atoms with van der Waals surface area (Å²) in [6, 6.07) is 0. The fourth-order valence-corrected chi connectivity index (χ4v) is 4.24. The summed E-state index contributed by atoms with van der Waals surface area (Å²) < 4.78 is 39.9. The highest BCUT2D eigenvalue weighted by atomic mass is 19.4. The molecule has 2 nitrogen and oxygen atoms in total. The molecule has 124 valence electrons. The van der Waals surface area contributed by atoms with Crippen molar-refractivity contribution >= 4 is 6.41 Å². The Morgan fingerprint density at radius 3 is 2.23 bits per heavy atom. The Hall–Kier alpha value is -1.26. The lowest BCUT2D eigenvalue weighted by Gasteiger charge is -2.28. The SMILES string of the molecule is C/C=C\CC(/C(=C\C)C(F)(F)F)C1C[C@@H]2CN(C=O)C[C@@H]2C1. The standard InChI is InChI=1S/C17H24F3NO/c1-3-5-6-15(16(4-2)17(18,19)20)12-7-13-9-21(11-22)10-14(13)8-12/h3-5,11-15H,6-10H2,1-2H3/b5-3-,16-4+/t12?,13-,14+,15?. The van der Waals surface area contributed by atoms with Gasteiger partial charge in [0.25, 0.3) is 0 Å². The van der Waals surface area contributed by atoms with Crippen LogP contribution in [-0.4, -0.2) is 30.6 Å². The molecule has 1 saturated heterocycles. The summed E-state index contributed by atoms with van der Waals surface area (Å²) in [7, 11) is 0. The van der Waals surface area contributed by atoms with E-state index in [2.05, 4.69) is 0 Å². The second-order valence-corrected chi connectivity index (χ2v) is 6.46. The number of fused-ring (bicyclic) bond motifs is 1. The summed E-state index contributed by atoms with van der Waals surface area (Å²) in [5, 5.41) is 0. The second kappa shape index (κ2) is 6.88. The van der Waals surface area contributed by atoms with Gasteiger partial charge < -0.3 is 4.90 Å². The normalized spacial score (nSPS) is 30.9. The van der Waals surface area contributed by atoms with Gasteiger partial charge in [-0.1, -0.05) is 18.2 Å². The van der Waals surface area contributed by atoms with Crippen LogP contribution >= 0.6 is 0 Å². The number of nitrogens with zero attached hydrogens (tertiary/aromatic N) is 1. The van der Waals surface area contributed by atoms with Crippen molar-refractivity contribution in [1.82, 2.24) is 4.90 Å². The van der Waals surface area contributed by atoms with Crippen LogP contribution < -0.4 is 0 Å². The minimum absolute atomic E-state index is 0.0628. The van der Waals surface area contributed by atoms with Crippen LogP contribution in [-0.2, 0) is 4.79 Å². The molecule has 1 amide bonds. The average molecular weight is 315 g/mol. The number of likely N-dealkylation sites (tertiary alicyclic amines) is 1. The maximum Gasteiger partial charge on any atom is 0.412 e. The van der Waals surface area contributed by atoms with Gasteiger partial charge in [0.2, 0.25) is 6.41 Å². The van der Waals surface area contributed by atoms with Crippen LogP contribution in [0.25, 0.3) is 0 Å². The number of allylic oxidation sites excluding steroid dienone is 4. The summed E-state index contributed by atoms with van der Waals surface area (Å²) in [4.78, 5) is 12.6. The molecule has 2 rings (SSSR count). The van der Waals surface area contributed by atoms with Crippen LogP contribution in [0.4, 0.5) is 13.2 Å². The van der Waals surface area contributed by atoms with Gasteiger partial charge in [-0.05, 0) is 56.8 Å². The van der Waals surface area contributed by atoms with Crippen LogP contribution in [0.1, 0.15) is 33.1 Å². The number of carbonyl (C=O) groups is 1. The fourth-order valence-electron chi connectivity index (χ4n) is 4.24. The monoisotopic (exact) mass is 315 g/mol. The Kier molecular flexibility index (Phi) is 5.35. The van der Waals surface area contributed by atoms with E-state index in [-0.39, 0.29) is 11.5 Å². The molecule has 0 aromatic rings. The Morgan fingerprint density at radius 1 is 1.23 bits per heavy atom. The van der Waals surface area contributed by atoms with Gasteiger partial charge in [-0.15, -0.1) is 0 Å². The molecular weight excluding hydrogens is 291 g/mol. The molecule has 0 radical (unpaired) electrons. The van der Waals surface area contributed by atoms with E-state index >= 15 is 0 Å². The number of amides is 1. The van der Waals surface area contributed by atoms with E-state index in [4.69, 9.17) is 0 Å². The summed E-state index contributed by atoms with van der Waals surface area (Å²) in [6.07, 6.45) is 3.53.